The highest BCUT2D eigenvalue weighted by molar-refractivity contribution is 5.78. The third-order valence-electron chi connectivity index (χ3n) is 3.32. The molecule has 0 unspecified atom stereocenters. The maximum absolute atomic E-state index is 11.9. The standard InChI is InChI=1S/C12H21N5O/c1-16-10-14-15-11(16)5-6-13-9-12(18)17-7-3-2-4-8-17/h10,13H,2-9H2,1H3. The summed E-state index contributed by atoms with van der Waals surface area (Å²) in [5.41, 5.74) is 0. The van der Waals surface area contributed by atoms with E-state index in [2.05, 4.69) is 15.5 Å². The largest absolute Gasteiger partial charge is 0.342 e. The minimum atomic E-state index is 0.215. The van der Waals surface area contributed by atoms with E-state index in [4.69, 9.17) is 0 Å². The number of nitrogens with one attached hydrogen (secondary N) is 1. The summed E-state index contributed by atoms with van der Waals surface area (Å²) in [7, 11) is 1.92. The number of piperidine rings is 1. The molecule has 2 rings (SSSR count). The zero-order valence-corrected chi connectivity index (χ0v) is 10.9. The fourth-order valence-corrected chi connectivity index (χ4v) is 2.18. The maximum atomic E-state index is 11.9. The van der Waals surface area contributed by atoms with Crippen LogP contribution >= 0.6 is 0 Å². The maximum Gasteiger partial charge on any atom is 0.236 e. The Balaban J connectivity index is 1.63. The van der Waals surface area contributed by atoms with E-state index < -0.39 is 0 Å². The molecule has 0 aromatic carbocycles. The molecule has 0 saturated carbocycles. The first-order chi connectivity index (χ1) is 8.77. The number of carbonyl (C=O) groups is 1. The second-order valence-corrected chi connectivity index (χ2v) is 4.73. The van der Waals surface area contributed by atoms with E-state index in [1.54, 1.807) is 6.33 Å². The molecule has 1 fully saturated rings. The van der Waals surface area contributed by atoms with Gasteiger partial charge in [0.15, 0.2) is 0 Å². The molecule has 0 bridgehead atoms. The topological polar surface area (TPSA) is 63.1 Å². The average Bonchev–Trinajstić information content (AvgIpc) is 2.81. The first-order valence-corrected chi connectivity index (χ1v) is 6.59. The van der Waals surface area contributed by atoms with Crippen LogP contribution in [0.5, 0.6) is 0 Å². The highest BCUT2D eigenvalue weighted by Crippen LogP contribution is 2.08. The third kappa shape index (κ3) is 3.53. The van der Waals surface area contributed by atoms with Gasteiger partial charge < -0.3 is 14.8 Å². The van der Waals surface area contributed by atoms with Crippen molar-refractivity contribution in [2.75, 3.05) is 26.2 Å². The van der Waals surface area contributed by atoms with Gasteiger partial charge in [-0.05, 0) is 19.3 Å². The predicted molar refractivity (Wildman–Crippen MR) is 68.0 cm³/mol. The summed E-state index contributed by atoms with van der Waals surface area (Å²) >= 11 is 0. The Morgan fingerprint density at radius 3 is 2.83 bits per heavy atom. The van der Waals surface area contributed by atoms with E-state index in [9.17, 15) is 4.79 Å². The van der Waals surface area contributed by atoms with Crippen LogP contribution in [0.1, 0.15) is 25.1 Å². The third-order valence-corrected chi connectivity index (χ3v) is 3.32. The number of rotatable bonds is 5. The molecule has 18 heavy (non-hydrogen) atoms. The van der Waals surface area contributed by atoms with Crippen molar-refractivity contribution < 1.29 is 4.79 Å². The Morgan fingerprint density at radius 1 is 1.39 bits per heavy atom. The fraction of sp³-hybridized carbons (Fsp3) is 0.750. The van der Waals surface area contributed by atoms with Crippen molar-refractivity contribution in [3.05, 3.63) is 12.2 Å². The molecule has 1 amide bonds. The van der Waals surface area contributed by atoms with E-state index in [1.807, 2.05) is 16.5 Å². The van der Waals surface area contributed by atoms with Crippen molar-refractivity contribution in [1.82, 2.24) is 25.0 Å². The number of hydrogen-bond acceptors (Lipinski definition) is 4. The van der Waals surface area contributed by atoms with Gasteiger partial charge in [-0.1, -0.05) is 0 Å². The zero-order valence-electron chi connectivity index (χ0n) is 10.9. The summed E-state index contributed by atoms with van der Waals surface area (Å²) in [5.74, 6) is 1.15. The fourth-order valence-electron chi connectivity index (χ4n) is 2.18. The van der Waals surface area contributed by atoms with Crippen molar-refractivity contribution in [1.29, 1.82) is 0 Å². The van der Waals surface area contributed by atoms with Gasteiger partial charge in [0.2, 0.25) is 5.91 Å². The van der Waals surface area contributed by atoms with Gasteiger partial charge in [0.05, 0.1) is 6.54 Å². The van der Waals surface area contributed by atoms with E-state index in [-0.39, 0.29) is 5.91 Å². The summed E-state index contributed by atoms with van der Waals surface area (Å²) < 4.78 is 1.90. The second kappa shape index (κ2) is 6.49. The van der Waals surface area contributed by atoms with E-state index >= 15 is 0 Å². The van der Waals surface area contributed by atoms with Gasteiger partial charge in [0.1, 0.15) is 12.2 Å². The molecule has 1 aliphatic rings. The molecule has 1 aliphatic heterocycles. The van der Waals surface area contributed by atoms with Crippen LogP contribution in [-0.2, 0) is 18.3 Å². The molecule has 0 aliphatic carbocycles. The molecule has 0 radical (unpaired) electrons. The van der Waals surface area contributed by atoms with Crippen molar-refractivity contribution in [2.45, 2.75) is 25.7 Å². The molecule has 1 saturated heterocycles. The summed E-state index contributed by atoms with van der Waals surface area (Å²) in [4.78, 5) is 13.8. The van der Waals surface area contributed by atoms with Crippen LogP contribution in [0.25, 0.3) is 0 Å². The van der Waals surface area contributed by atoms with E-state index in [1.165, 1.54) is 6.42 Å². The Hall–Kier alpha value is -1.43. The first-order valence-electron chi connectivity index (χ1n) is 6.59. The van der Waals surface area contributed by atoms with E-state index in [0.29, 0.717) is 6.54 Å². The molecule has 0 atom stereocenters. The number of aryl methyl sites for hydroxylation is 1. The monoisotopic (exact) mass is 251 g/mol. The van der Waals surface area contributed by atoms with Crippen LogP contribution < -0.4 is 5.32 Å². The van der Waals surface area contributed by atoms with Crippen molar-refractivity contribution in [3.8, 4) is 0 Å². The summed E-state index contributed by atoms with van der Waals surface area (Å²) in [5, 5.41) is 11.0. The van der Waals surface area contributed by atoms with Crippen LogP contribution in [0.2, 0.25) is 0 Å². The highest BCUT2D eigenvalue weighted by atomic mass is 16.2. The zero-order chi connectivity index (χ0) is 12.8. The van der Waals surface area contributed by atoms with Crippen LogP contribution in [0.4, 0.5) is 0 Å². The molecule has 0 spiro atoms. The summed E-state index contributed by atoms with van der Waals surface area (Å²) in [6, 6.07) is 0. The van der Waals surface area contributed by atoms with Gasteiger partial charge in [-0.2, -0.15) is 0 Å². The Bertz CT molecular complexity index is 384. The Labute approximate surface area is 107 Å². The predicted octanol–water partition coefficient (Wildman–Crippen LogP) is -0.0403. The molecule has 100 valence electrons. The van der Waals surface area contributed by atoms with Gasteiger partial charge in [-0.3, -0.25) is 4.79 Å². The number of amides is 1. The molecule has 2 heterocycles. The molecule has 1 N–H and O–H groups in total. The van der Waals surface area contributed by atoms with Crippen LogP contribution in [0, 0.1) is 0 Å². The van der Waals surface area contributed by atoms with Gasteiger partial charge in [-0.25, -0.2) is 0 Å². The molecule has 1 aromatic rings. The lowest BCUT2D eigenvalue weighted by Gasteiger charge is -2.26. The lowest BCUT2D eigenvalue weighted by molar-refractivity contribution is -0.131. The second-order valence-electron chi connectivity index (χ2n) is 4.73. The van der Waals surface area contributed by atoms with Crippen molar-refractivity contribution in [3.63, 3.8) is 0 Å². The normalized spacial score (nSPS) is 15.9. The van der Waals surface area contributed by atoms with Gasteiger partial charge in [-0.15, -0.1) is 10.2 Å². The first kappa shape index (κ1) is 13.0. The minimum Gasteiger partial charge on any atom is -0.342 e. The molecule has 1 aromatic heterocycles. The number of hydrogen-bond donors (Lipinski definition) is 1. The lowest BCUT2D eigenvalue weighted by Crippen LogP contribution is -2.41. The van der Waals surface area contributed by atoms with Crippen LogP contribution in [0.15, 0.2) is 6.33 Å². The molecular formula is C12H21N5O. The van der Waals surface area contributed by atoms with Gasteiger partial charge >= 0.3 is 0 Å². The Kier molecular flexibility index (Phi) is 4.69. The Morgan fingerprint density at radius 2 is 2.17 bits per heavy atom. The van der Waals surface area contributed by atoms with Crippen molar-refractivity contribution >= 4 is 5.91 Å². The van der Waals surface area contributed by atoms with E-state index in [0.717, 1.165) is 44.7 Å². The molecule has 6 heteroatoms. The highest BCUT2D eigenvalue weighted by Gasteiger charge is 2.15. The minimum absolute atomic E-state index is 0.215. The average molecular weight is 251 g/mol. The quantitative estimate of drug-likeness (QED) is 0.746. The number of carbonyl (C=O) groups excluding carboxylic acids is 1. The number of nitrogens with zero attached hydrogens (tertiary/aromatic N) is 4. The summed E-state index contributed by atoms with van der Waals surface area (Å²) in [6.45, 7) is 3.03. The number of likely N-dealkylation sites (tertiary alicyclic amines) is 1. The summed E-state index contributed by atoms with van der Waals surface area (Å²) in [6.07, 6.45) is 6.02. The molecular weight excluding hydrogens is 230 g/mol. The van der Waals surface area contributed by atoms with Crippen molar-refractivity contribution in [2.24, 2.45) is 7.05 Å². The smallest absolute Gasteiger partial charge is 0.236 e. The number of aromatic nitrogens is 3. The van der Waals surface area contributed by atoms with Gasteiger partial charge in [0, 0.05) is 33.1 Å². The lowest BCUT2D eigenvalue weighted by atomic mass is 10.1. The van der Waals surface area contributed by atoms with Gasteiger partial charge in [0.25, 0.3) is 0 Å². The van der Waals surface area contributed by atoms with Crippen LogP contribution in [0.3, 0.4) is 0 Å². The molecule has 6 nitrogen and oxygen atoms in total. The SMILES string of the molecule is Cn1cnnc1CCNCC(=O)N1CCCCC1. The van der Waals surface area contributed by atoms with Crippen LogP contribution in [-0.4, -0.2) is 51.8 Å².